The van der Waals surface area contributed by atoms with Crippen molar-refractivity contribution < 1.29 is 19.8 Å². The van der Waals surface area contributed by atoms with Crippen LogP contribution in [0.3, 0.4) is 0 Å². The molecule has 0 aromatic rings. The summed E-state index contributed by atoms with van der Waals surface area (Å²) in [6.45, 7) is 3.35. The van der Waals surface area contributed by atoms with E-state index in [-0.39, 0.29) is 18.8 Å². The maximum Gasteiger partial charge on any atom is 0.310 e. The Kier molecular flexibility index (Phi) is 8.48. The van der Waals surface area contributed by atoms with Crippen molar-refractivity contribution in [1.29, 1.82) is 0 Å². The van der Waals surface area contributed by atoms with Crippen LogP contribution in [0.4, 0.5) is 0 Å². The van der Waals surface area contributed by atoms with Crippen LogP contribution in [0.2, 0.25) is 0 Å². The molecule has 5 heteroatoms. The van der Waals surface area contributed by atoms with Crippen LogP contribution in [-0.4, -0.2) is 22.2 Å². The summed E-state index contributed by atoms with van der Waals surface area (Å²) in [5.74, 6) is -2.47. The highest BCUT2D eigenvalue weighted by atomic mass is 35.5. The molecule has 13 heavy (non-hydrogen) atoms. The molecule has 1 atom stereocenters. The Morgan fingerprint density at radius 1 is 1.38 bits per heavy atom. The van der Waals surface area contributed by atoms with Gasteiger partial charge in [0.25, 0.3) is 0 Å². The minimum absolute atomic E-state index is 0. The molecule has 0 heterocycles. The molecule has 0 saturated heterocycles. The second kappa shape index (κ2) is 7.61. The number of rotatable bonds is 6. The van der Waals surface area contributed by atoms with Crippen LogP contribution in [0, 0.1) is 5.92 Å². The van der Waals surface area contributed by atoms with Crippen molar-refractivity contribution in [2.75, 3.05) is 0 Å². The Hall–Kier alpha value is -1.03. The average molecular weight is 209 g/mol. The van der Waals surface area contributed by atoms with Crippen LogP contribution >= 0.6 is 12.4 Å². The Balaban J connectivity index is 0. The van der Waals surface area contributed by atoms with Gasteiger partial charge in [0.1, 0.15) is 0 Å². The van der Waals surface area contributed by atoms with Crippen LogP contribution in [-0.2, 0) is 9.59 Å². The van der Waals surface area contributed by atoms with Crippen LogP contribution in [0.25, 0.3) is 0 Å². The highest BCUT2D eigenvalue weighted by Crippen LogP contribution is 2.09. The maximum atomic E-state index is 10.4. The summed E-state index contributed by atoms with van der Waals surface area (Å²) in [7, 11) is 0. The van der Waals surface area contributed by atoms with Crippen LogP contribution in [0.5, 0.6) is 0 Å². The minimum atomic E-state index is -0.949. The Morgan fingerprint density at radius 3 is 2.23 bits per heavy atom. The molecule has 0 fully saturated rings. The number of hydrogen-bond acceptors (Lipinski definition) is 2. The van der Waals surface area contributed by atoms with Crippen LogP contribution in [0.1, 0.15) is 19.3 Å². The minimum Gasteiger partial charge on any atom is -0.481 e. The highest BCUT2D eigenvalue weighted by Gasteiger charge is 2.12. The topological polar surface area (TPSA) is 74.6 Å². The smallest absolute Gasteiger partial charge is 0.310 e. The van der Waals surface area contributed by atoms with Gasteiger partial charge in [-0.25, -0.2) is 0 Å². The molecule has 2 N–H and O–H groups in total. The zero-order chi connectivity index (χ0) is 9.56. The third-order valence-corrected chi connectivity index (χ3v) is 1.51. The monoisotopic (exact) mass is 208 g/mol. The number of carboxylic acid groups (broad SMARTS) is 2. The lowest BCUT2D eigenvalue weighted by Crippen LogP contribution is -2.11. The largest absolute Gasteiger partial charge is 0.481 e. The van der Waals surface area contributed by atoms with Gasteiger partial charge in [0.2, 0.25) is 0 Å². The first-order valence-electron chi connectivity index (χ1n) is 3.65. The van der Waals surface area contributed by atoms with Gasteiger partial charge in [0.15, 0.2) is 0 Å². The van der Waals surface area contributed by atoms with Crippen LogP contribution < -0.4 is 0 Å². The SMILES string of the molecule is C=CC(CCCC(=O)O)C(=O)O.Cl. The van der Waals surface area contributed by atoms with E-state index in [2.05, 4.69) is 6.58 Å². The predicted molar refractivity (Wildman–Crippen MR) is 50.1 cm³/mol. The molecule has 0 amide bonds. The second-order valence-electron chi connectivity index (χ2n) is 2.47. The predicted octanol–water partition coefficient (Wildman–Crippen LogP) is 1.55. The first-order chi connectivity index (χ1) is 5.57. The van der Waals surface area contributed by atoms with Crippen molar-refractivity contribution in [2.24, 2.45) is 5.92 Å². The summed E-state index contributed by atoms with van der Waals surface area (Å²) in [5, 5.41) is 16.8. The van der Waals surface area contributed by atoms with Crippen LogP contribution in [0.15, 0.2) is 12.7 Å². The molecule has 0 aliphatic rings. The quantitative estimate of drug-likeness (QED) is 0.650. The summed E-state index contributed by atoms with van der Waals surface area (Å²) in [4.78, 5) is 20.5. The standard InChI is InChI=1S/C8H12O4.ClH/c1-2-6(8(11)12)4-3-5-7(9)10;/h2,6H,1,3-5H2,(H,9,10)(H,11,12);1H. The molecule has 0 aliphatic heterocycles. The molecule has 0 aromatic carbocycles. The van der Waals surface area contributed by atoms with Gasteiger partial charge < -0.3 is 10.2 Å². The third kappa shape index (κ3) is 7.33. The van der Waals surface area contributed by atoms with Gasteiger partial charge in [-0.05, 0) is 12.8 Å². The molecule has 0 bridgehead atoms. The van der Waals surface area contributed by atoms with Crippen molar-refractivity contribution in [3.8, 4) is 0 Å². The molecule has 0 rings (SSSR count). The normalized spacial score (nSPS) is 11.1. The van der Waals surface area contributed by atoms with E-state index in [1.54, 1.807) is 0 Å². The summed E-state index contributed by atoms with van der Waals surface area (Å²) < 4.78 is 0. The van der Waals surface area contributed by atoms with Gasteiger partial charge >= 0.3 is 11.9 Å². The van der Waals surface area contributed by atoms with Gasteiger partial charge in [0.05, 0.1) is 5.92 Å². The van der Waals surface area contributed by atoms with Crippen molar-refractivity contribution in [3.63, 3.8) is 0 Å². The van der Waals surface area contributed by atoms with E-state index in [1.165, 1.54) is 6.08 Å². The number of carbonyl (C=O) groups is 2. The molecule has 0 saturated carbocycles. The third-order valence-electron chi connectivity index (χ3n) is 1.51. The van der Waals surface area contributed by atoms with Gasteiger partial charge in [-0.15, -0.1) is 19.0 Å². The molecule has 4 nitrogen and oxygen atoms in total. The molecule has 0 radical (unpaired) electrons. The van der Waals surface area contributed by atoms with Gasteiger partial charge in [-0.3, -0.25) is 9.59 Å². The fourth-order valence-electron chi connectivity index (χ4n) is 0.815. The van der Waals surface area contributed by atoms with Crippen molar-refractivity contribution in [1.82, 2.24) is 0 Å². The second-order valence-corrected chi connectivity index (χ2v) is 2.47. The lowest BCUT2D eigenvalue weighted by molar-refractivity contribution is -0.141. The van der Waals surface area contributed by atoms with E-state index in [4.69, 9.17) is 10.2 Å². The molecule has 0 aromatic heterocycles. The number of aliphatic carboxylic acids is 2. The first-order valence-corrected chi connectivity index (χ1v) is 3.65. The van der Waals surface area contributed by atoms with Gasteiger partial charge in [-0.1, -0.05) is 6.08 Å². The zero-order valence-corrected chi connectivity index (χ0v) is 7.92. The van der Waals surface area contributed by atoms with E-state index in [1.807, 2.05) is 0 Å². The number of carboxylic acids is 2. The molecule has 0 spiro atoms. The highest BCUT2D eigenvalue weighted by molar-refractivity contribution is 5.85. The van der Waals surface area contributed by atoms with Gasteiger partial charge in [-0.2, -0.15) is 0 Å². The van der Waals surface area contributed by atoms with E-state index >= 15 is 0 Å². The molecular weight excluding hydrogens is 196 g/mol. The molecule has 76 valence electrons. The van der Waals surface area contributed by atoms with E-state index < -0.39 is 17.9 Å². The summed E-state index contributed by atoms with van der Waals surface area (Å²) >= 11 is 0. The van der Waals surface area contributed by atoms with Gasteiger partial charge in [0, 0.05) is 6.42 Å². The van der Waals surface area contributed by atoms with Crippen molar-refractivity contribution in [3.05, 3.63) is 12.7 Å². The van der Waals surface area contributed by atoms with E-state index in [0.29, 0.717) is 12.8 Å². The summed E-state index contributed by atoms with van der Waals surface area (Å²) in [6, 6.07) is 0. The zero-order valence-electron chi connectivity index (χ0n) is 7.10. The summed E-state index contributed by atoms with van der Waals surface area (Å²) in [6.07, 6.45) is 2.05. The molecule has 1 unspecified atom stereocenters. The van der Waals surface area contributed by atoms with E-state index in [0.717, 1.165) is 0 Å². The first kappa shape index (κ1) is 14.5. The Labute approximate surface area is 82.7 Å². The lowest BCUT2D eigenvalue weighted by Gasteiger charge is -2.04. The number of hydrogen-bond donors (Lipinski definition) is 2. The average Bonchev–Trinajstić information content (AvgIpc) is 1.96. The fraction of sp³-hybridized carbons (Fsp3) is 0.500. The lowest BCUT2D eigenvalue weighted by atomic mass is 10.0. The van der Waals surface area contributed by atoms with Crippen molar-refractivity contribution >= 4 is 24.3 Å². The molecular formula is C8H13ClO4. The van der Waals surface area contributed by atoms with E-state index in [9.17, 15) is 9.59 Å². The van der Waals surface area contributed by atoms with Crippen molar-refractivity contribution in [2.45, 2.75) is 19.3 Å². The Morgan fingerprint density at radius 2 is 1.92 bits per heavy atom. The Bertz CT molecular complexity index is 191. The fourth-order valence-corrected chi connectivity index (χ4v) is 0.815. The molecule has 0 aliphatic carbocycles. The maximum absolute atomic E-state index is 10.4. The number of halogens is 1. The summed E-state index contributed by atoms with van der Waals surface area (Å²) in [5.41, 5.74) is 0.